The van der Waals surface area contributed by atoms with Gasteiger partial charge in [0.15, 0.2) is 5.13 Å². The zero-order chi connectivity index (χ0) is 15.3. The van der Waals surface area contributed by atoms with Crippen LogP contribution in [0.15, 0.2) is 29.6 Å². The molecule has 0 saturated heterocycles. The fourth-order valence-electron chi connectivity index (χ4n) is 1.67. The van der Waals surface area contributed by atoms with E-state index in [0.29, 0.717) is 18.8 Å². The molecule has 2 N–H and O–H groups in total. The van der Waals surface area contributed by atoms with Crippen molar-refractivity contribution in [1.82, 2.24) is 4.98 Å². The van der Waals surface area contributed by atoms with Crippen molar-refractivity contribution in [3.63, 3.8) is 0 Å². The molecule has 0 aliphatic heterocycles. The zero-order valence-corrected chi connectivity index (χ0v) is 13.4. The molecular formula is C13H17N3O3S2. The minimum atomic E-state index is -3.25. The number of anilines is 2. The Morgan fingerprint density at radius 2 is 2.00 bits per heavy atom. The number of ether oxygens (including phenoxy) is 1. The van der Waals surface area contributed by atoms with Crippen LogP contribution in [0, 0.1) is 0 Å². The van der Waals surface area contributed by atoms with E-state index in [1.807, 2.05) is 17.5 Å². The third-order valence-electron chi connectivity index (χ3n) is 2.57. The van der Waals surface area contributed by atoms with Gasteiger partial charge in [0.05, 0.1) is 18.6 Å². The second-order valence-corrected chi connectivity index (χ2v) is 7.02. The van der Waals surface area contributed by atoms with Crippen molar-refractivity contribution in [2.24, 2.45) is 0 Å². The van der Waals surface area contributed by atoms with Crippen molar-refractivity contribution in [2.45, 2.75) is 0 Å². The summed E-state index contributed by atoms with van der Waals surface area (Å²) in [5.41, 5.74) is 2.32. The number of sulfonamides is 1. The Labute approximate surface area is 128 Å². The number of rotatable bonds is 7. The molecule has 0 amide bonds. The maximum Gasteiger partial charge on any atom is 0.229 e. The Bertz CT molecular complexity index is 681. The van der Waals surface area contributed by atoms with Gasteiger partial charge in [0, 0.05) is 30.3 Å². The number of hydrogen-bond donors (Lipinski definition) is 2. The Kier molecular flexibility index (Phi) is 5.16. The summed E-state index contributed by atoms with van der Waals surface area (Å²) >= 11 is 1.52. The van der Waals surface area contributed by atoms with Gasteiger partial charge >= 0.3 is 0 Å². The second-order valence-electron chi connectivity index (χ2n) is 4.41. The molecule has 1 aromatic heterocycles. The van der Waals surface area contributed by atoms with Gasteiger partial charge in [0.2, 0.25) is 10.0 Å². The van der Waals surface area contributed by atoms with Gasteiger partial charge in [-0.1, -0.05) is 12.1 Å². The van der Waals surface area contributed by atoms with Crippen molar-refractivity contribution < 1.29 is 13.2 Å². The summed E-state index contributed by atoms with van der Waals surface area (Å²) in [6.45, 7) is 1.33. The average Bonchev–Trinajstić information content (AvgIpc) is 2.87. The predicted octanol–water partition coefficient (Wildman–Crippen LogP) is 2.24. The highest BCUT2D eigenvalue weighted by molar-refractivity contribution is 7.92. The standard InChI is InChI=1S/C13H17N3O3S2/c1-19-8-7-14-13-15-12(9-20-13)10-3-5-11(6-4-10)16-21(2,17)18/h3-6,9,16H,7-8H2,1-2H3,(H,14,15). The lowest BCUT2D eigenvalue weighted by molar-refractivity contribution is 0.211. The Hall–Kier alpha value is -1.64. The topological polar surface area (TPSA) is 80.3 Å². The van der Waals surface area contributed by atoms with Crippen molar-refractivity contribution >= 4 is 32.2 Å². The second kappa shape index (κ2) is 6.88. The molecule has 0 fully saturated rings. The number of aromatic nitrogens is 1. The highest BCUT2D eigenvalue weighted by Gasteiger charge is 2.06. The van der Waals surface area contributed by atoms with Crippen LogP contribution in [0.3, 0.4) is 0 Å². The van der Waals surface area contributed by atoms with E-state index in [0.717, 1.165) is 22.6 Å². The lowest BCUT2D eigenvalue weighted by Gasteiger charge is -2.04. The molecule has 0 spiro atoms. The van der Waals surface area contributed by atoms with Crippen molar-refractivity contribution in [1.29, 1.82) is 0 Å². The van der Waals surface area contributed by atoms with Gasteiger partial charge in [-0.15, -0.1) is 11.3 Å². The number of thiazole rings is 1. The number of nitrogens with one attached hydrogen (secondary N) is 2. The fraction of sp³-hybridized carbons (Fsp3) is 0.308. The first kappa shape index (κ1) is 15.7. The summed E-state index contributed by atoms with van der Waals surface area (Å²) in [4.78, 5) is 4.47. The first-order valence-corrected chi connectivity index (χ1v) is 9.01. The fourth-order valence-corrected chi connectivity index (χ4v) is 2.98. The minimum Gasteiger partial charge on any atom is -0.383 e. The van der Waals surface area contributed by atoms with Crippen molar-refractivity contribution in [2.75, 3.05) is 36.6 Å². The SMILES string of the molecule is COCCNc1nc(-c2ccc(NS(C)(=O)=O)cc2)cs1. The van der Waals surface area contributed by atoms with Gasteiger partial charge in [-0.05, 0) is 12.1 Å². The summed E-state index contributed by atoms with van der Waals surface area (Å²) in [7, 11) is -1.59. The molecule has 1 aromatic carbocycles. The third-order valence-corrected chi connectivity index (χ3v) is 3.98. The predicted molar refractivity (Wildman–Crippen MR) is 86.4 cm³/mol. The van der Waals surface area contributed by atoms with Crippen LogP contribution in [0.5, 0.6) is 0 Å². The summed E-state index contributed by atoms with van der Waals surface area (Å²) in [5.74, 6) is 0. The monoisotopic (exact) mass is 327 g/mol. The molecule has 21 heavy (non-hydrogen) atoms. The normalized spacial score (nSPS) is 11.3. The van der Waals surface area contributed by atoms with Crippen LogP contribution in [0.4, 0.5) is 10.8 Å². The Morgan fingerprint density at radius 3 is 2.62 bits per heavy atom. The summed E-state index contributed by atoms with van der Waals surface area (Å²) in [6.07, 6.45) is 1.12. The molecule has 8 heteroatoms. The van der Waals surface area contributed by atoms with Crippen LogP contribution < -0.4 is 10.0 Å². The van der Waals surface area contributed by atoms with E-state index < -0.39 is 10.0 Å². The van der Waals surface area contributed by atoms with Crippen LogP contribution in [-0.4, -0.2) is 39.9 Å². The van der Waals surface area contributed by atoms with Crippen molar-refractivity contribution in [3.05, 3.63) is 29.6 Å². The summed E-state index contributed by atoms with van der Waals surface area (Å²) in [5, 5.41) is 5.96. The summed E-state index contributed by atoms with van der Waals surface area (Å²) in [6, 6.07) is 7.10. The molecule has 0 aliphatic rings. The smallest absolute Gasteiger partial charge is 0.229 e. The van der Waals surface area contributed by atoms with Gasteiger partial charge in [0.25, 0.3) is 0 Å². The number of methoxy groups -OCH3 is 1. The molecule has 1 heterocycles. The molecule has 0 bridgehead atoms. The van der Waals surface area contributed by atoms with Crippen LogP contribution in [0.1, 0.15) is 0 Å². The molecule has 6 nitrogen and oxygen atoms in total. The maximum atomic E-state index is 11.1. The van der Waals surface area contributed by atoms with E-state index in [4.69, 9.17) is 4.74 Å². The molecule has 0 radical (unpaired) electrons. The first-order valence-electron chi connectivity index (χ1n) is 6.24. The molecule has 2 aromatic rings. The van der Waals surface area contributed by atoms with E-state index in [1.165, 1.54) is 11.3 Å². The van der Waals surface area contributed by atoms with Gasteiger partial charge in [-0.2, -0.15) is 0 Å². The van der Waals surface area contributed by atoms with E-state index in [1.54, 1.807) is 19.2 Å². The maximum absolute atomic E-state index is 11.1. The van der Waals surface area contributed by atoms with Gasteiger partial charge in [-0.25, -0.2) is 13.4 Å². The minimum absolute atomic E-state index is 0.537. The van der Waals surface area contributed by atoms with Crippen molar-refractivity contribution in [3.8, 4) is 11.3 Å². The lowest BCUT2D eigenvalue weighted by atomic mass is 10.1. The molecular weight excluding hydrogens is 310 g/mol. The first-order chi connectivity index (χ1) is 9.98. The number of benzene rings is 1. The van der Waals surface area contributed by atoms with E-state index in [-0.39, 0.29) is 0 Å². The number of hydrogen-bond acceptors (Lipinski definition) is 6. The largest absolute Gasteiger partial charge is 0.383 e. The van der Waals surface area contributed by atoms with Crippen LogP contribution in [-0.2, 0) is 14.8 Å². The van der Waals surface area contributed by atoms with Crippen LogP contribution in [0.2, 0.25) is 0 Å². The van der Waals surface area contributed by atoms with E-state index >= 15 is 0 Å². The molecule has 0 atom stereocenters. The Morgan fingerprint density at radius 1 is 1.29 bits per heavy atom. The number of nitrogens with zero attached hydrogens (tertiary/aromatic N) is 1. The van der Waals surface area contributed by atoms with Crippen LogP contribution in [0.25, 0.3) is 11.3 Å². The quantitative estimate of drug-likeness (QED) is 0.762. The molecule has 2 rings (SSSR count). The van der Waals surface area contributed by atoms with Gasteiger partial charge in [0.1, 0.15) is 0 Å². The Balaban J connectivity index is 2.05. The van der Waals surface area contributed by atoms with Gasteiger partial charge in [-0.3, -0.25) is 4.72 Å². The summed E-state index contributed by atoms with van der Waals surface area (Å²) < 4.78 is 29.7. The molecule has 0 saturated carbocycles. The van der Waals surface area contributed by atoms with E-state index in [9.17, 15) is 8.42 Å². The third kappa shape index (κ3) is 5.00. The molecule has 114 valence electrons. The zero-order valence-electron chi connectivity index (χ0n) is 11.8. The highest BCUT2D eigenvalue weighted by Crippen LogP contribution is 2.26. The van der Waals surface area contributed by atoms with Gasteiger partial charge < -0.3 is 10.1 Å². The van der Waals surface area contributed by atoms with Crippen LogP contribution >= 0.6 is 11.3 Å². The average molecular weight is 327 g/mol. The highest BCUT2D eigenvalue weighted by atomic mass is 32.2. The molecule has 0 aliphatic carbocycles. The van der Waals surface area contributed by atoms with E-state index in [2.05, 4.69) is 15.0 Å². The molecule has 0 unspecified atom stereocenters. The lowest BCUT2D eigenvalue weighted by Crippen LogP contribution is -2.09.